The van der Waals surface area contributed by atoms with Gasteiger partial charge in [0, 0.05) is 44.3 Å². The lowest BCUT2D eigenvalue weighted by molar-refractivity contribution is 0.106. The highest BCUT2D eigenvalue weighted by molar-refractivity contribution is 6.32. The molecule has 1 aliphatic rings. The molecule has 30 heavy (non-hydrogen) atoms. The van der Waals surface area contributed by atoms with Crippen LogP contribution in [-0.2, 0) is 13.0 Å². The predicted molar refractivity (Wildman–Crippen MR) is 117 cm³/mol. The molecule has 3 aromatic rings. The first-order chi connectivity index (χ1) is 14.6. The van der Waals surface area contributed by atoms with E-state index in [2.05, 4.69) is 38.8 Å². The van der Waals surface area contributed by atoms with Crippen LogP contribution >= 0.6 is 11.6 Å². The molecule has 1 unspecified atom stereocenters. The molecule has 0 spiro atoms. The molecule has 1 aromatic heterocycles. The molecule has 156 valence electrons. The number of rotatable bonds is 6. The van der Waals surface area contributed by atoms with Gasteiger partial charge in [0.1, 0.15) is 0 Å². The quantitative estimate of drug-likeness (QED) is 0.567. The van der Waals surface area contributed by atoms with Crippen molar-refractivity contribution in [3.63, 3.8) is 0 Å². The van der Waals surface area contributed by atoms with Gasteiger partial charge in [-0.1, -0.05) is 35.9 Å². The molecule has 0 saturated carbocycles. The Kier molecular flexibility index (Phi) is 6.32. The summed E-state index contributed by atoms with van der Waals surface area (Å²) in [5.74, 6) is 0. The number of nitrogens with zero attached hydrogens (tertiary/aromatic N) is 3. The number of fused-ring (bicyclic) bond motifs is 1. The van der Waals surface area contributed by atoms with Crippen LogP contribution in [0.3, 0.4) is 0 Å². The van der Waals surface area contributed by atoms with Gasteiger partial charge in [0.15, 0.2) is 0 Å². The van der Waals surface area contributed by atoms with E-state index in [0.29, 0.717) is 17.3 Å². The molecule has 2 heterocycles. The van der Waals surface area contributed by atoms with Crippen molar-refractivity contribution in [1.29, 1.82) is 0 Å². The number of aliphatic hydroxyl groups is 1. The second-order valence-corrected chi connectivity index (χ2v) is 7.77. The minimum atomic E-state index is -0.646. The largest absolute Gasteiger partial charge is 0.390 e. The maximum atomic E-state index is 12.2. The smallest absolute Gasteiger partial charge is 0.319 e. The molecule has 2 aromatic carbocycles. The highest BCUT2D eigenvalue weighted by Gasteiger charge is 2.18. The molecule has 1 atom stereocenters. The Morgan fingerprint density at radius 2 is 2.03 bits per heavy atom. The molecule has 0 bridgehead atoms. The third kappa shape index (κ3) is 4.99. The van der Waals surface area contributed by atoms with Crippen molar-refractivity contribution in [2.45, 2.75) is 19.1 Å². The Morgan fingerprint density at radius 1 is 1.20 bits per heavy atom. The van der Waals surface area contributed by atoms with Crippen LogP contribution in [0.4, 0.5) is 10.5 Å². The van der Waals surface area contributed by atoms with E-state index in [4.69, 9.17) is 11.6 Å². The van der Waals surface area contributed by atoms with E-state index in [0.717, 1.165) is 25.2 Å². The topological polar surface area (TPSA) is 82.4 Å². The first kappa shape index (κ1) is 20.4. The summed E-state index contributed by atoms with van der Waals surface area (Å²) >= 11 is 6.30. The Bertz CT molecular complexity index is 1010. The summed E-state index contributed by atoms with van der Waals surface area (Å²) in [7, 11) is 0. The number of anilines is 1. The fraction of sp³-hybridized carbons (Fsp3) is 0.273. The number of carbonyl (C=O) groups is 1. The Morgan fingerprint density at radius 3 is 2.80 bits per heavy atom. The Labute approximate surface area is 180 Å². The Hall–Kier alpha value is -2.87. The van der Waals surface area contributed by atoms with Crippen molar-refractivity contribution >= 4 is 23.3 Å². The lowest BCUT2D eigenvalue weighted by Crippen LogP contribution is -2.42. The van der Waals surface area contributed by atoms with Crippen LogP contribution in [0.25, 0.3) is 5.69 Å². The van der Waals surface area contributed by atoms with E-state index < -0.39 is 6.10 Å². The molecule has 0 saturated heterocycles. The highest BCUT2D eigenvalue weighted by atomic mass is 35.5. The molecule has 2 amide bonds. The number of amides is 2. The van der Waals surface area contributed by atoms with Crippen LogP contribution < -0.4 is 10.6 Å². The van der Waals surface area contributed by atoms with Gasteiger partial charge >= 0.3 is 6.03 Å². The van der Waals surface area contributed by atoms with Crippen molar-refractivity contribution in [3.8, 4) is 5.69 Å². The minimum Gasteiger partial charge on any atom is -0.390 e. The molecule has 0 fully saturated rings. The van der Waals surface area contributed by atoms with Crippen LogP contribution in [0.2, 0.25) is 5.02 Å². The normalized spacial score (nSPS) is 14.7. The summed E-state index contributed by atoms with van der Waals surface area (Å²) in [4.78, 5) is 14.4. The van der Waals surface area contributed by atoms with E-state index in [1.807, 2.05) is 12.1 Å². The first-order valence-electron chi connectivity index (χ1n) is 9.90. The van der Waals surface area contributed by atoms with Crippen LogP contribution in [0.5, 0.6) is 0 Å². The van der Waals surface area contributed by atoms with Crippen molar-refractivity contribution < 1.29 is 9.90 Å². The van der Waals surface area contributed by atoms with E-state index in [9.17, 15) is 9.90 Å². The maximum absolute atomic E-state index is 12.2. The van der Waals surface area contributed by atoms with Gasteiger partial charge in [-0.25, -0.2) is 9.48 Å². The number of β-amino-alcohol motifs (C(OH)–C–C–N with tert-alkyl or cyclic N) is 1. The zero-order chi connectivity index (χ0) is 20.9. The van der Waals surface area contributed by atoms with Gasteiger partial charge in [0.2, 0.25) is 0 Å². The SMILES string of the molecule is O=C(NCC(O)CN1CCc2ccccc2C1)Nc1ccc(-n2cccn2)c(Cl)c1. The summed E-state index contributed by atoms with van der Waals surface area (Å²) in [5, 5.41) is 20.4. The maximum Gasteiger partial charge on any atom is 0.319 e. The van der Waals surface area contributed by atoms with Gasteiger partial charge in [-0.3, -0.25) is 4.90 Å². The molecule has 3 N–H and O–H groups in total. The summed E-state index contributed by atoms with van der Waals surface area (Å²) in [6.45, 7) is 2.41. The van der Waals surface area contributed by atoms with E-state index in [1.165, 1.54) is 11.1 Å². The molecule has 7 nitrogen and oxygen atoms in total. The van der Waals surface area contributed by atoms with Crippen LogP contribution in [0.15, 0.2) is 60.9 Å². The number of hydrogen-bond donors (Lipinski definition) is 3. The van der Waals surface area contributed by atoms with Gasteiger partial charge in [-0.2, -0.15) is 5.10 Å². The van der Waals surface area contributed by atoms with Crippen molar-refractivity contribution in [3.05, 3.63) is 77.1 Å². The molecular weight excluding hydrogens is 402 g/mol. The van der Waals surface area contributed by atoms with Gasteiger partial charge in [0.05, 0.1) is 16.8 Å². The average Bonchev–Trinajstić information content (AvgIpc) is 3.27. The van der Waals surface area contributed by atoms with E-state index in [-0.39, 0.29) is 12.6 Å². The molecular formula is C22H24ClN5O2. The lowest BCUT2D eigenvalue weighted by atomic mass is 10.00. The summed E-state index contributed by atoms with van der Waals surface area (Å²) < 4.78 is 1.65. The zero-order valence-electron chi connectivity index (χ0n) is 16.5. The van der Waals surface area contributed by atoms with E-state index in [1.54, 1.807) is 35.3 Å². The molecule has 0 radical (unpaired) electrons. The minimum absolute atomic E-state index is 0.170. The van der Waals surface area contributed by atoms with Crippen molar-refractivity contribution in [1.82, 2.24) is 20.0 Å². The number of benzene rings is 2. The van der Waals surface area contributed by atoms with E-state index >= 15 is 0 Å². The molecule has 1 aliphatic heterocycles. The summed E-state index contributed by atoms with van der Waals surface area (Å²) in [6.07, 6.45) is 3.80. The lowest BCUT2D eigenvalue weighted by Gasteiger charge is -2.30. The summed E-state index contributed by atoms with van der Waals surface area (Å²) in [5.41, 5.74) is 3.97. The first-order valence-corrected chi connectivity index (χ1v) is 10.3. The number of halogens is 1. The van der Waals surface area contributed by atoms with Gasteiger partial charge < -0.3 is 15.7 Å². The number of carbonyl (C=O) groups excluding carboxylic acids is 1. The monoisotopic (exact) mass is 425 g/mol. The molecule has 0 aliphatic carbocycles. The van der Waals surface area contributed by atoms with Crippen molar-refractivity contribution in [2.24, 2.45) is 0 Å². The third-order valence-corrected chi connectivity index (χ3v) is 5.44. The number of nitrogens with one attached hydrogen (secondary N) is 2. The number of aromatic nitrogens is 2. The standard InChI is InChI=1S/C22H24ClN5O2/c23-20-12-18(6-7-21(20)28-10-3-9-25-28)26-22(30)24-13-19(29)15-27-11-8-16-4-1-2-5-17(16)14-27/h1-7,9-10,12,19,29H,8,11,13-15H2,(H2,24,26,30). The Balaban J connectivity index is 1.24. The van der Waals surface area contributed by atoms with Crippen LogP contribution in [-0.4, -0.2) is 51.6 Å². The van der Waals surface area contributed by atoms with Crippen LogP contribution in [0.1, 0.15) is 11.1 Å². The fourth-order valence-corrected chi connectivity index (χ4v) is 3.91. The third-order valence-electron chi connectivity index (χ3n) is 5.13. The predicted octanol–water partition coefficient (Wildman–Crippen LogP) is 3.07. The summed E-state index contributed by atoms with van der Waals surface area (Å²) in [6, 6.07) is 15.0. The van der Waals surface area contributed by atoms with Crippen molar-refractivity contribution in [2.75, 3.05) is 25.0 Å². The van der Waals surface area contributed by atoms with Gasteiger partial charge in [-0.15, -0.1) is 0 Å². The average molecular weight is 426 g/mol. The molecule has 4 rings (SSSR count). The highest BCUT2D eigenvalue weighted by Crippen LogP contribution is 2.24. The number of urea groups is 1. The molecule has 8 heteroatoms. The van der Waals surface area contributed by atoms with Gasteiger partial charge in [-0.05, 0) is 41.8 Å². The number of aliphatic hydroxyl groups excluding tert-OH is 1. The second kappa shape index (κ2) is 9.30. The number of hydrogen-bond acceptors (Lipinski definition) is 4. The fourth-order valence-electron chi connectivity index (χ4n) is 3.64. The van der Waals surface area contributed by atoms with Crippen LogP contribution in [0, 0.1) is 0 Å². The zero-order valence-corrected chi connectivity index (χ0v) is 17.2. The second-order valence-electron chi connectivity index (χ2n) is 7.36. The van der Waals surface area contributed by atoms with Gasteiger partial charge in [0.25, 0.3) is 0 Å².